The summed E-state index contributed by atoms with van der Waals surface area (Å²) in [6.45, 7) is 12.2. The SMILES string of the molecule is CCCCCC(CCCCC)NCC(C)CN1CCCC1. The van der Waals surface area contributed by atoms with E-state index in [1.54, 1.807) is 0 Å². The van der Waals surface area contributed by atoms with E-state index in [0.29, 0.717) is 0 Å². The van der Waals surface area contributed by atoms with Gasteiger partial charge in [-0.3, -0.25) is 0 Å². The first-order valence-electron chi connectivity index (χ1n) is 9.72. The molecule has 1 fully saturated rings. The van der Waals surface area contributed by atoms with Crippen LogP contribution in [-0.4, -0.2) is 37.1 Å². The fourth-order valence-corrected chi connectivity index (χ4v) is 3.47. The Bertz CT molecular complexity index is 214. The average Bonchev–Trinajstić information content (AvgIpc) is 2.97. The molecular weight excluding hydrogens is 256 g/mol. The predicted molar refractivity (Wildman–Crippen MR) is 94.9 cm³/mol. The van der Waals surface area contributed by atoms with Crippen LogP contribution >= 0.6 is 0 Å². The maximum absolute atomic E-state index is 3.88. The molecule has 21 heavy (non-hydrogen) atoms. The minimum Gasteiger partial charge on any atom is -0.314 e. The molecule has 0 aromatic rings. The van der Waals surface area contributed by atoms with Crippen LogP contribution in [0.1, 0.15) is 85.0 Å². The summed E-state index contributed by atoms with van der Waals surface area (Å²) in [4.78, 5) is 2.65. The van der Waals surface area contributed by atoms with Crippen molar-refractivity contribution in [3.63, 3.8) is 0 Å². The Labute approximate surface area is 134 Å². The van der Waals surface area contributed by atoms with Crippen molar-refractivity contribution >= 4 is 0 Å². The Kier molecular flexibility index (Phi) is 11.3. The molecular formula is C19H40N2. The summed E-state index contributed by atoms with van der Waals surface area (Å²) in [6.07, 6.45) is 13.9. The van der Waals surface area contributed by atoms with E-state index in [9.17, 15) is 0 Å². The summed E-state index contributed by atoms with van der Waals surface area (Å²) in [5.41, 5.74) is 0. The predicted octanol–water partition coefficient (Wildman–Crippen LogP) is 4.84. The summed E-state index contributed by atoms with van der Waals surface area (Å²) < 4.78 is 0. The molecule has 1 saturated heterocycles. The van der Waals surface area contributed by atoms with Gasteiger partial charge in [-0.25, -0.2) is 0 Å². The highest BCUT2D eigenvalue weighted by molar-refractivity contribution is 4.73. The van der Waals surface area contributed by atoms with Crippen LogP contribution in [0.2, 0.25) is 0 Å². The van der Waals surface area contributed by atoms with Gasteiger partial charge in [0.05, 0.1) is 0 Å². The van der Waals surface area contributed by atoms with Crippen LogP contribution in [-0.2, 0) is 0 Å². The van der Waals surface area contributed by atoms with Gasteiger partial charge in [0.15, 0.2) is 0 Å². The van der Waals surface area contributed by atoms with Crippen molar-refractivity contribution < 1.29 is 0 Å². The first-order chi connectivity index (χ1) is 10.3. The van der Waals surface area contributed by atoms with Crippen LogP contribution in [0.4, 0.5) is 0 Å². The van der Waals surface area contributed by atoms with Crippen molar-refractivity contribution in [3.8, 4) is 0 Å². The maximum atomic E-state index is 3.88. The van der Waals surface area contributed by atoms with Gasteiger partial charge in [-0.05, 0) is 51.2 Å². The van der Waals surface area contributed by atoms with Gasteiger partial charge in [0, 0.05) is 12.6 Å². The lowest BCUT2D eigenvalue weighted by Gasteiger charge is -2.24. The highest BCUT2D eigenvalue weighted by Crippen LogP contribution is 2.13. The highest BCUT2D eigenvalue weighted by atomic mass is 15.1. The fraction of sp³-hybridized carbons (Fsp3) is 1.00. The number of hydrogen-bond donors (Lipinski definition) is 1. The van der Waals surface area contributed by atoms with Crippen LogP contribution < -0.4 is 5.32 Å². The van der Waals surface area contributed by atoms with Gasteiger partial charge < -0.3 is 10.2 Å². The number of unbranched alkanes of at least 4 members (excludes halogenated alkanes) is 4. The van der Waals surface area contributed by atoms with Gasteiger partial charge in [0.25, 0.3) is 0 Å². The molecule has 1 rings (SSSR count). The maximum Gasteiger partial charge on any atom is 0.00671 e. The lowest BCUT2D eigenvalue weighted by atomic mass is 10.0. The summed E-state index contributed by atoms with van der Waals surface area (Å²) in [7, 11) is 0. The van der Waals surface area contributed by atoms with Gasteiger partial charge in [-0.1, -0.05) is 59.3 Å². The first kappa shape index (κ1) is 19.0. The van der Waals surface area contributed by atoms with Crippen LogP contribution in [0.15, 0.2) is 0 Å². The molecule has 1 heterocycles. The molecule has 1 aliphatic heterocycles. The zero-order valence-electron chi connectivity index (χ0n) is 15.0. The number of likely N-dealkylation sites (tertiary alicyclic amines) is 1. The molecule has 1 unspecified atom stereocenters. The van der Waals surface area contributed by atoms with Gasteiger partial charge in [0.2, 0.25) is 0 Å². The molecule has 0 saturated carbocycles. The lowest BCUT2D eigenvalue weighted by molar-refractivity contribution is 0.273. The van der Waals surface area contributed by atoms with E-state index in [1.165, 1.54) is 90.4 Å². The number of nitrogens with zero attached hydrogens (tertiary/aromatic N) is 1. The molecule has 2 nitrogen and oxygen atoms in total. The highest BCUT2D eigenvalue weighted by Gasteiger charge is 2.15. The molecule has 0 aromatic heterocycles. The minimum atomic E-state index is 0.768. The van der Waals surface area contributed by atoms with Crippen LogP contribution in [0.5, 0.6) is 0 Å². The van der Waals surface area contributed by atoms with E-state index in [4.69, 9.17) is 0 Å². The third-order valence-electron chi connectivity index (χ3n) is 4.84. The summed E-state index contributed by atoms with van der Waals surface area (Å²) in [5.74, 6) is 0.794. The monoisotopic (exact) mass is 296 g/mol. The zero-order valence-corrected chi connectivity index (χ0v) is 15.0. The van der Waals surface area contributed by atoms with Crippen molar-refractivity contribution in [2.75, 3.05) is 26.2 Å². The van der Waals surface area contributed by atoms with Crippen LogP contribution in [0.25, 0.3) is 0 Å². The third-order valence-corrected chi connectivity index (χ3v) is 4.84. The second-order valence-corrected chi connectivity index (χ2v) is 7.21. The van der Waals surface area contributed by atoms with Crippen LogP contribution in [0.3, 0.4) is 0 Å². The second kappa shape index (κ2) is 12.5. The summed E-state index contributed by atoms with van der Waals surface area (Å²) in [6, 6.07) is 0.768. The number of nitrogens with one attached hydrogen (secondary N) is 1. The van der Waals surface area contributed by atoms with E-state index in [2.05, 4.69) is 31.0 Å². The molecule has 1 atom stereocenters. The van der Waals surface area contributed by atoms with E-state index in [0.717, 1.165) is 12.0 Å². The van der Waals surface area contributed by atoms with Crippen molar-refractivity contribution in [2.24, 2.45) is 5.92 Å². The van der Waals surface area contributed by atoms with E-state index in [-0.39, 0.29) is 0 Å². The van der Waals surface area contributed by atoms with Crippen LogP contribution in [0, 0.1) is 5.92 Å². The normalized spacial score (nSPS) is 17.7. The van der Waals surface area contributed by atoms with Gasteiger partial charge >= 0.3 is 0 Å². The Balaban J connectivity index is 2.18. The molecule has 2 heteroatoms. The topological polar surface area (TPSA) is 15.3 Å². The van der Waals surface area contributed by atoms with Crippen molar-refractivity contribution in [2.45, 2.75) is 91.0 Å². The largest absolute Gasteiger partial charge is 0.314 e. The van der Waals surface area contributed by atoms with E-state index < -0.39 is 0 Å². The molecule has 1 N–H and O–H groups in total. The third kappa shape index (κ3) is 9.52. The molecule has 0 aliphatic carbocycles. The van der Waals surface area contributed by atoms with E-state index in [1.807, 2.05) is 0 Å². The number of hydrogen-bond acceptors (Lipinski definition) is 2. The average molecular weight is 297 g/mol. The van der Waals surface area contributed by atoms with Crippen molar-refractivity contribution in [1.82, 2.24) is 10.2 Å². The summed E-state index contributed by atoms with van der Waals surface area (Å²) in [5, 5.41) is 3.88. The van der Waals surface area contributed by atoms with Crippen molar-refractivity contribution in [3.05, 3.63) is 0 Å². The minimum absolute atomic E-state index is 0.768. The van der Waals surface area contributed by atoms with E-state index >= 15 is 0 Å². The second-order valence-electron chi connectivity index (χ2n) is 7.21. The summed E-state index contributed by atoms with van der Waals surface area (Å²) >= 11 is 0. The molecule has 1 aliphatic rings. The Hall–Kier alpha value is -0.0800. The smallest absolute Gasteiger partial charge is 0.00671 e. The van der Waals surface area contributed by atoms with Gasteiger partial charge in [0.1, 0.15) is 0 Å². The Morgan fingerprint density at radius 2 is 1.48 bits per heavy atom. The quantitative estimate of drug-likeness (QED) is 0.489. The molecule has 0 amide bonds. The Morgan fingerprint density at radius 3 is 2.00 bits per heavy atom. The fourth-order valence-electron chi connectivity index (χ4n) is 3.47. The standard InChI is InChI=1S/C19H40N2/c1-4-6-8-12-19(13-9-7-5-2)20-16-18(3)17-21-14-10-11-15-21/h18-20H,4-17H2,1-3H3. The first-order valence-corrected chi connectivity index (χ1v) is 9.72. The zero-order chi connectivity index (χ0) is 15.3. The van der Waals surface area contributed by atoms with Gasteiger partial charge in [-0.2, -0.15) is 0 Å². The molecule has 0 spiro atoms. The van der Waals surface area contributed by atoms with Crippen molar-refractivity contribution in [1.29, 1.82) is 0 Å². The number of rotatable bonds is 13. The Morgan fingerprint density at radius 1 is 0.905 bits per heavy atom. The molecule has 0 aromatic carbocycles. The molecule has 126 valence electrons. The lowest BCUT2D eigenvalue weighted by Crippen LogP contribution is -2.37. The molecule has 0 bridgehead atoms. The molecule has 0 radical (unpaired) electrons. The van der Waals surface area contributed by atoms with Gasteiger partial charge in [-0.15, -0.1) is 0 Å².